The number of hydrogen-bond acceptors (Lipinski definition) is 7. The maximum absolute atomic E-state index is 5.38. The molecule has 0 saturated heterocycles. The molecule has 0 spiro atoms. The lowest BCUT2D eigenvalue weighted by Crippen LogP contribution is -2.07. The van der Waals surface area contributed by atoms with Crippen molar-refractivity contribution >= 4 is 37.6 Å². The van der Waals surface area contributed by atoms with Crippen LogP contribution in [0.5, 0.6) is 11.5 Å². The van der Waals surface area contributed by atoms with E-state index >= 15 is 0 Å². The first kappa shape index (κ1) is 18.4. The second-order valence-electron chi connectivity index (χ2n) is 6.63. The second kappa shape index (κ2) is 7.59. The lowest BCUT2D eigenvalue weighted by molar-refractivity contribution is 0.354. The summed E-state index contributed by atoms with van der Waals surface area (Å²) in [6, 6.07) is 8.08. The van der Waals surface area contributed by atoms with Crippen LogP contribution >= 0.6 is 11.3 Å². The topological polar surface area (TPSA) is 69.2 Å². The Morgan fingerprint density at radius 3 is 2.64 bits per heavy atom. The first-order valence-corrected chi connectivity index (χ1v) is 9.88. The smallest absolute Gasteiger partial charge is 0.160 e. The van der Waals surface area contributed by atoms with E-state index in [0.717, 1.165) is 56.4 Å². The summed E-state index contributed by atoms with van der Waals surface area (Å²) in [5, 5.41) is 4.58. The Morgan fingerprint density at radius 2 is 1.86 bits per heavy atom. The van der Waals surface area contributed by atoms with Crippen LogP contribution in [0.3, 0.4) is 0 Å². The summed E-state index contributed by atoms with van der Waals surface area (Å²) in [5.41, 5.74) is 4.35. The molecule has 3 aromatic heterocycles. The number of rotatable bonds is 6. The van der Waals surface area contributed by atoms with E-state index in [1.54, 1.807) is 31.9 Å². The Hall–Kier alpha value is -2.93. The van der Waals surface area contributed by atoms with Crippen molar-refractivity contribution in [2.24, 2.45) is 0 Å². The molecule has 28 heavy (non-hydrogen) atoms. The summed E-state index contributed by atoms with van der Waals surface area (Å²) in [4.78, 5) is 14.7. The van der Waals surface area contributed by atoms with Gasteiger partial charge < -0.3 is 14.8 Å². The van der Waals surface area contributed by atoms with Crippen LogP contribution < -0.4 is 14.8 Å². The van der Waals surface area contributed by atoms with Gasteiger partial charge in [0.1, 0.15) is 17.0 Å². The molecule has 0 radical (unpaired) electrons. The number of thiophene rings is 1. The number of aryl methyl sites for hydroxylation is 2. The first-order chi connectivity index (χ1) is 13.6. The van der Waals surface area contributed by atoms with Crippen LogP contribution in [0.4, 0.5) is 5.82 Å². The van der Waals surface area contributed by atoms with Crippen molar-refractivity contribution in [1.29, 1.82) is 0 Å². The molecular formula is C21H22N4O2S. The molecule has 0 unspecified atom stereocenters. The summed E-state index contributed by atoms with van der Waals surface area (Å²) in [7, 11) is 3.29. The average molecular weight is 395 g/mol. The lowest BCUT2D eigenvalue weighted by Gasteiger charge is -2.10. The number of pyridine rings is 1. The zero-order valence-electron chi connectivity index (χ0n) is 16.4. The van der Waals surface area contributed by atoms with Crippen LogP contribution in [-0.2, 0) is 6.42 Å². The highest BCUT2D eigenvalue weighted by Gasteiger charge is 2.14. The molecule has 4 aromatic rings. The van der Waals surface area contributed by atoms with Crippen molar-refractivity contribution in [3.05, 3.63) is 47.4 Å². The third kappa shape index (κ3) is 3.33. The van der Waals surface area contributed by atoms with Crippen molar-refractivity contribution in [3.63, 3.8) is 0 Å². The molecule has 144 valence electrons. The molecule has 7 heteroatoms. The number of benzene rings is 1. The fourth-order valence-corrected chi connectivity index (χ4v) is 4.61. The molecule has 0 bridgehead atoms. The monoisotopic (exact) mass is 394 g/mol. The number of methoxy groups -OCH3 is 2. The molecule has 6 nitrogen and oxygen atoms in total. The van der Waals surface area contributed by atoms with Gasteiger partial charge in [-0.1, -0.05) is 6.07 Å². The number of fused-ring (bicyclic) bond motifs is 3. The normalized spacial score (nSPS) is 11.1. The van der Waals surface area contributed by atoms with Crippen molar-refractivity contribution in [2.75, 3.05) is 26.1 Å². The van der Waals surface area contributed by atoms with Gasteiger partial charge in [0.05, 0.1) is 24.4 Å². The zero-order valence-corrected chi connectivity index (χ0v) is 17.2. The van der Waals surface area contributed by atoms with Gasteiger partial charge in [-0.15, -0.1) is 11.3 Å². The molecule has 1 N–H and O–H groups in total. The van der Waals surface area contributed by atoms with Crippen LogP contribution in [0.2, 0.25) is 0 Å². The van der Waals surface area contributed by atoms with E-state index in [1.807, 2.05) is 25.1 Å². The molecule has 0 amide bonds. The van der Waals surface area contributed by atoms with E-state index in [-0.39, 0.29) is 0 Å². The predicted molar refractivity (Wildman–Crippen MR) is 114 cm³/mol. The lowest BCUT2D eigenvalue weighted by atomic mass is 10.1. The summed E-state index contributed by atoms with van der Waals surface area (Å²) < 4.78 is 11.7. The molecule has 0 aliphatic heterocycles. The third-order valence-electron chi connectivity index (χ3n) is 4.70. The molecule has 0 fully saturated rings. The van der Waals surface area contributed by atoms with E-state index in [4.69, 9.17) is 9.47 Å². The second-order valence-corrected chi connectivity index (χ2v) is 7.63. The number of nitrogens with one attached hydrogen (secondary N) is 1. The Kier molecular flexibility index (Phi) is 5.00. The van der Waals surface area contributed by atoms with E-state index in [9.17, 15) is 0 Å². The van der Waals surface area contributed by atoms with Crippen LogP contribution in [0.1, 0.15) is 16.8 Å². The van der Waals surface area contributed by atoms with Crippen molar-refractivity contribution < 1.29 is 9.47 Å². The highest BCUT2D eigenvalue weighted by molar-refractivity contribution is 7.26. The summed E-state index contributed by atoms with van der Waals surface area (Å²) >= 11 is 1.64. The van der Waals surface area contributed by atoms with Gasteiger partial charge in [-0.2, -0.15) is 0 Å². The van der Waals surface area contributed by atoms with Crippen LogP contribution in [0, 0.1) is 13.8 Å². The Labute approximate surface area is 167 Å². The molecular weight excluding hydrogens is 372 g/mol. The fourth-order valence-electron chi connectivity index (χ4n) is 3.40. The van der Waals surface area contributed by atoms with Gasteiger partial charge in [-0.25, -0.2) is 15.0 Å². The SMILES string of the molecule is COc1ccc(CCNc2ncnc3c2sc2nc(C)cc(C)c23)cc1OC. The van der Waals surface area contributed by atoms with E-state index in [0.29, 0.717) is 0 Å². The van der Waals surface area contributed by atoms with Gasteiger partial charge in [-0.3, -0.25) is 0 Å². The van der Waals surface area contributed by atoms with Crippen LogP contribution in [0.15, 0.2) is 30.6 Å². The Morgan fingerprint density at radius 1 is 1.04 bits per heavy atom. The van der Waals surface area contributed by atoms with Crippen LogP contribution in [-0.4, -0.2) is 35.7 Å². The van der Waals surface area contributed by atoms with Gasteiger partial charge >= 0.3 is 0 Å². The first-order valence-electron chi connectivity index (χ1n) is 9.07. The minimum atomic E-state index is 0.736. The van der Waals surface area contributed by atoms with Gasteiger partial charge in [0.25, 0.3) is 0 Å². The molecule has 1 aromatic carbocycles. The number of hydrogen-bond donors (Lipinski definition) is 1. The number of aromatic nitrogens is 3. The minimum Gasteiger partial charge on any atom is -0.493 e. The van der Waals surface area contributed by atoms with Gasteiger partial charge in [0.2, 0.25) is 0 Å². The van der Waals surface area contributed by atoms with Gasteiger partial charge in [0.15, 0.2) is 11.5 Å². The molecule has 0 aliphatic carbocycles. The summed E-state index contributed by atoms with van der Waals surface area (Å²) in [6.07, 6.45) is 2.46. The summed E-state index contributed by atoms with van der Waals surface area (Å²) in [5.74, 6) is 2.33. The minimum absolute atomic E-state index is 0.736. The summed E-state index contributed by atoms with van der Waals surface area (Å²) in [6.45, 7) is 4.88. The standard InChI is InChI=1S/C21H22N4O2S/c1-12-9-13(2)25-21-17(12)18-19(28-21)20(24-11-23-18)22-8-7-14-5-6-15(26-3)16(10-14)27-4/h5-6,9-11H,7-8H2,1-4H3,(H,22,23,24). The van der Waals surface area contributed by atoms with Gasteiger partial charge in [0, 0.05) is 17.6 Å². The maximum Gasteiger partial charge on any atom is 0.160 e. The Balaban J connectivity index is 1.58. The highest BCUT2D eigenvalue weighted by atomic mass is 32.1. The zero-order chi connectivity index (χ0) is 19.7. The van der Waals surface area contributed by atoms with Crippen molar-refractivity contribution in [2.45, 2.75) is 20.3 Å². The third-order valence-corrected chi connectivity index (χ3v) is 5.78. The maximum atomic E-state index is 5.38. The quantitative estimate of drug-likeness (QED) is 0.518. The van der Waals surface area contributed by atoms with Crippen LogP contribution in [0.25, 0.3) is 20.4 Å². The van der Waals surface area contributed by atoms with E-state index in [2.05, 4.69) is 33.3 Å². The molecule has 3 heterocycles. The van der Waals surface area contributed by atoms with Gasteiger partial charge in [-0.05, 0) is 49.6 Å². The molecule has 0 atom stereocenters. The fraction of sp³-hybridized carbons (Fsp3) is 0.286. The Bertz CT molecular complexity index is 1160. The number of nitrogens with zero attached hydrogens (tertiary/aromatic N) is 3. The van der Waals surface area contributed by atoms with Crippen molar-refractivity contribution in [1.82, 2.24) is 15.0 Å². The largest absolute Gasteiger partial charge is 0.493 e. The highest BCUT2D eigenvalue weighted by Crippen LogP contribution is 2.36. The molecule has 0 saturated carbocycles. The molecule has 4 rings (SSSR count). The number of anilines is 1. The predicted octanol–water partition coefficient (Wildman–Crippen LogP) is 4.53. The van der Waals surface area contributed by atoms with Crippen molar-refractivity contribution in [3.8, 4) is 11.5 Å². The van der Waals surface area contributed by atoms with E-state index < -0.39 is 0 Å². The number of ether oxygens (including phenoxy) is 2. The van der Waals surface area contributed by atoms with E-state index in [1.165, 1.54) is 11.1 Å². The average Bonchev–Trinajstić information content (AvgIpc) is 3.07. The molecule has 0 aliphatic rings.